The Labute approximate surface area is 38.5 Å². The van der Waals surface area contributed by atoms with E-state index in [1.54, 1.807) is 0 Å². The van der Waals surface area contributed by atoms with E-state index in [0.717, 1.165) is 25.9 Å². The van der Waals surface area contributed by atoms with Crippen molar-refractivity contribution in [3.8, 4) is 0 Å². The molecule has 0 aliphatic heterocycles. The van der Waals surface area contributed by atoms with Gasteiger partial charge in [0.15, 0.2) is 0 Å². The summed E-state index contributed by atoms with van der Waals surface area (Å²) < 4.78 is 0. The van der Waals surface area contributed by atoms with Crippen molar-refractivity contribution >= 4 is 0 Å². The second-order valence-corrected chi connectivity index (χ2v) is 1.28. The fourth-order valence-electron chi connectivity index (χ4n) is 0.289. The molecule has 0 amide bonds. The van der Waals surface area contributed by atoms with E-state index < -0.39 is 0 Å². The lowest BCUT2D eigenvalue weighted by Gasteiger charge is -1.87. The molecule has 0 rings (SSSR count). The Bertz CT molecular complexity index is 17.5. The minimum atomic E-state index is 0.775. The van der Waals surface area contributed by atoms with Gasteiger partial charge in [0.2, 0.25) is 0 Å². The Morgan fingerprint density at radius 2 is 2.00 bits per heavy atom. The minimum Gasteiger partial charge on any atom is -0.330 e. The maximum atomic E-state index is 5.16. The van der Waals surface area contributed by atoms with Crippen LogP contribution < -0.4 is 11.5 Å². The zero-order valence-corrected chi connectivity index (χ0v) is 3.98. The smallest absolute Gasteiger partial charge is 0.00768 e. The van der Waals surface area contributed by atoms with Crippen LogP contribution >= 0.6 is 0 Å². The second-order valence-electron chi connectivity index (χ2n) is 1.28. The van der Waals surface area contributed by atoms with E-state index in [2.05, 4.69) is 0 Å². The van der Waals surface area contributed by atoms with Gasteiger partial charge in [-0.05, 0) is 25.9 Å². The van der Waals surface area contributed by atoms with Crippen molar-refractivity contribution in [3.05, 3.63) is 0 Å². The molecule has 0 unspecified atom stereocenters. The average molecular weight is 87.2 g/mol. The molecule has 0 aromatic rings. The molecular weight excluding hydrogens is 75.1 g/mol. The largest absolute Gasteiger partial charge is 0.330 e. The van der Waals surface area contributed by atoms with Crippen molar-refractivity contribution in [1.82, 2.24) is 0 Å². The molecule has 0 saturated heterocycles. The van der Waals surface area contributed by atoms with Gasteiger partial charge in [-0.25, -0.2) is 0 Å². The zero-order chi connectivity index (χ0) is 4.83. The van der Waals surface area contributed by atoms with Crippen molar-refractivity contribution in [2.45, 2.75) is 12.8 Å². The topological polar surface area (TPSA) is 52.0 Å². The fourth-order valence-corrected chi connectivity index (χ4v) is 0.289. The molecule has 0 bridgehead atoms. The van der Waals surface area contributed by atoms with Crippen molar-refractivity contribution in [1.29, 1.82) is 0 Å². The first-order chi connectivity index (χ1) is 2.91. The molecule has 0 saturated carbocycles. The van der Waals surface area contributed by atoms with Gasteiger partial charge in [-0.1, -0.05) is 0 Å². The highest BCUT2D eigenvalue weighted by molar-refractivity contribution is 4.38. The fraction of sp³-hybridized carbons (Fsp3) is 1.00. The second kappa shape index (κ2) is 4.92. The molecule has 0 atom stereocenters. The third-order valence-corrected chi connectivity index (χ3v) is 0.658. The Morgan fingerprint density at radius 1 is 1.33 bits per heavy atom. The highest BCUT2D eigenvalue weighted by Crippen LogP contribution is 1.77. The van der Waals surface area contributed by atoms with E-state index in [-0.39, 0.29) is 0 Å². The lowest BCUT2D eigenvalue weighted by atomic mass is 10.3. The van der Waals surface area contributed by atoms with Gasteiger partial charge in [0.05, 0.1) is 0 Å². The van der Waals surface area contributed by atoms with Gasteiger partial charge in [0, 0.05) is 0 Å². The number of unbranched alkanes of at least 4 members (excludes halogenated alkanes) is 1. The van der Waals surface area contributed by atoms with Gasteiger partial charge in [-0.2, -0.15) is 0 Å². The first-order valence-corrected chi connectivity index (χ1v) is 2.32. The predicted octanol–water partition coefficient (Wildman–Crippen LogP) is -0.316. The Kier molecular flexibility index (Phi) is 4.85. The maximum absolute atomic E-state index is 5.16. The molecular formula is C4H12N2. The van der Waals surface area contributed by atoms with Crippen molar-refractivity contribution in [2.75, 3.05) is 13.1 Å². The van der Waals surface area contributed by atoms with Crippen LogP contribution in [0, 0.1) is 0 Å². The average Bonchev–Trinajstić information content (AvgIpc) is 1.61. The highest BCUT2D eigenvalue weighted by atomic mass is 14.5. The number of nitrogens with two attached hydrogens (primary N) is 2. The molecule has 38 valence electrons. The van der Waals surface area contributed by atoms with Gasteiger partial charge < -0.3 is 11.5 Å². The molecule has 0 spiro atoms. The molecule has 4 N–H and O–H groups in total. The predicted molar refractivity (Wildman–Crippen MR) is 27.3 cm³/mol. The zero-order valence-electron chi connectivity index (χ0n) is 3.98. The van der Waals surface area contributed by atoms with Gasteiger partial charge >= 0.3 is 0 Å². The lowest BCUT2D eigenvalue weighted by Crippen LogP contribution is -2.03. The van der Waals surface area contributed by atoms with Crippen LogP contribution in [0.2, 0.25) is 0 Å². The Hall–Kier alpha value is -0.0800. The molecule has 0 heterocycles. The number of rotatable bonds is 3. The third kappa shape index (κ3) is 3.92. The summed E-state index contributed by atoms with van der Waals surface area (Å²) >= 11 is 0. The van der Waals surface area contributed by atoms with Crippen LogP contribution in [-0.2, 0) is 0 Å². The van der Waals surface area contributed by atoms with E-state index in [1.807, 2.05) is 0 Å². The van der Waals surface area contributed by atoms with E-state index in [4.69, 9.17) is 11.5 Å². The molecule has 6 heavy (non-hydrogen) atoms. The molecule has 0 aliphatic rings. The molecule has 0 aromatic heterocycles. The van der Waals surface area contributed by atoms with E-state index in [9.17, 15) is 0 Å². The summed E-state index contributed by atoms with van der Waals surface area (Å²) in [5.74, 6) is 0. The highest BCUT2D eigenvalue weighted by Gasteiger charge is 1.75. The molecule has 2 nitrogen and oxygen atoms in total. The van der Waals surface area contributed by atoms with Crippen LogP contribution in [0.1, 0.15) is 12.8 Å². The number of hydrogen-bond donors (Lipinski definition) is 2. The van der Waals surface area contributed by atoms with E-state index >= 15 is 0 Å². The summed E-state index contributed by atoms with van der Waals surface area (Å²) in [6, 6.07) is 0. The summed E-state index contributed by atoms with van der Waals surface area (Å²) in [7, 11) is 0. The van der Waals surface area contributed by atoms with Crippen LogP contribution in [0.3, 0.4) is 0 Å². The van der Waals surface area contributed by atoms with Crippen molar-refractivity contribution in [3.63, 3.8) is 0 Å². The van der Waals surface area contributed by atoms with Gasteiger partial charge in [0.1, 0.15) is 0 Å². The van der Waals surface area contributed by atoms with Crippen LogP contribution in [0.5, 0.6) is 0 Å². The third-order valence-electron chi connectivity index (χ3n) is 0.658. The minimum absolute atomic E-state index is 0.775. The Morgan fingerprint density at radius 3 is 2.17 bits per heavy atom. The van der Waals surface area contributed by atoms with E-state index in [0.29, 0.717) is 0 Å². The summed E-state index contributed by atoms with van der Waals surface area (Å²) in [4.78, 5) is 0. The quantitative estimate of drug-likeness (QED) is 0.464. The Balaban J connectivity index is 2.34. The molecule has 0 radical (unpaired) electrons. The standard InChI is InChI=1S/C4H12N2/c5-3-1-2-4-6/h1-6H2/i5-1. The monoisotopic (exact) mass is 87.1 g/mol. The lowest BCUT2D eigenvalue weighted by molar-refractivity contribution is 0.755. The van der Waals surface area contributed by atoms with Gasteiger partial charge in [-0.3, -0.25) is 0 Å². The summed E-state index contributed by atoms with van der Waals surface area (Å²) in [5.41, 5.74) is 10.3. The SMILES string of the molecule is NCCCC[13NH2]. The normalized spacial score (nSPS) is 9.00. The first kappa shape index (κ1) is 5.92. The molecule has 0 aliphatic carbocycles. The van der Waals surface area contributed by atoms with Crippen LogP contribution in [-0.4, -0.2) is 13.1 Å². The summed E-state index contributed by atoms with van der Waals surface area (Å²) in [6.45, 7) is 1.55. The van der Waals surface area contributed by atoms with Gasteiger partial charge in [0.25, 0.3) is 0 Å². The maximum Gasteiger partial charge on any atom is -0.00768 e. The molecule has 0 aromatic carbocycles. The number of hydrogen-bond acceptors (Lipinski definition) is 2. The van der Waals surface area contributed by atoms with Crippen LogP contribution in [0.25, 0.3) is 0 Å². The molecule has 0 fully saturated rings. The van der Waals surface area contributed by atoms with E-state index in [1.165, 1.54) is 0 Å². The summed E-state index contributed by atoms with van der Waals surface area (Å²) in [5, 5.41) is 0. The van der Waals surface area contributed by atoms with Crippen LogP contribution in [0.4, 0.5) is 0 Å². The van der Waals surface area contributed by atoms with Gasteiger partial charge in [-0.15, -0.1) is 0 Å². The van der Waals surface area contributed by atoms with Crippen molar-refractivity contribution < 1.29 is 0 Å². The van der Waals surface area contributed by atoms with Crippen LogP contribution in [0.15, 0.2) is 0 Å². The first-order valence-electron chi connectivity index (χ1n) is 2.32. The summed E-state index contributed by atoms with van der Waals surface area (Å²) in [6.07, 6.45) is 2.13. The molecule has 2 heteroatoms. The van der Waals surface area contributed by atoms with Crippen molar-refractivity contribution in [2.24, 2.45) is 11.5 Å².